The van der Waals surface area contributed by atoms with Crippen LogP contribution in [0, 0.1) is 11.7 Å². The molecule has 2 nitrogen and oxygen atoms in total. The number of hydrogen-bond acceptors (Lipinski definition) is 2. The highest BCUT2D eigenvalue weighted by molar-refractivity contribution is 6.30. The molecule has 1 aromatic carbocycles. The molecule has 0 aliphatic heterocycles. The number of nitrogens with zero attached hydrogens (tertiary/aromatic N) is 1. The summed E-state index contributed by atoms with van der Waals surface area (Å²) in [6.45, 7) is 1.38. The fraction of sp³-hybridized carbons (Fsp3) is 0.625. The Bertz CT molecular complexity index is 432. The van der Waals surface area contributed by atoms with Crippen molar-refractivity contribution in [3.8, 4) is 0 Å². The summed E-state index contributed by atoms with van der Waals surface area (Å²) in [6, 6.07) is 5.05. The maximum Gasteiger partial charge on any atom is 0.146 e. The maximum atomic E-state index is 14.2. The first kappa shape index (κ1) is 15.7. The van der Waals surface area contributed by atoms with Crippen molar-refractivity contribution < 1.29 is 4.39 Å². The third-order valence-electron chi connectivity index (χ3n) is 4.37. The zero-order valence-electron chi connectivity index (χ0n) is 12.1. The third kappa shape index (κ3) is 3.72. The molecule has 4 heteroatoms. The van der Waals surface area contributed by atoms with Gasteiger partial charge in [-0.2, -0.15) is 0 Å². The summed E-state index contributed by atoms with van der Waals surface area (Å²) in [6.07, 6.45) is 6.54. The van der Waals surface area contributed by atoms with Gasteiger partial charge < -0.3 is 5.73 Å². The lowest BCUT2D eigenvalue weighted by Crippen LogP contribution is -2.35. The zero-order chi connectivity index (χ0) is 14.5. The van der Waals surface area contributed by atoms with Crippen molar-refractivity contribution in [3.05, 3.63) is 34.6 Å². The van der Waals surface area contributed by atoms with Crippen LogP contribution in [-0.4, -0.2) is 25.0 Å². The van der Waals surface area contributed by atoms with E-state index in [4.69, 9.17) is 17.3 Å². The number of likely N-dealkylation sites (N-methyl/N-ethyl adjacent to an activating group) is 1. The Morgan fingerprint density at radius 2 is 2.05 bits per heavy atom. The van der Waals surface area contributed by atoms with Gasteiger partial charge in [-0.25, -0.2) is 4.39 Å². The Hall–Kier alpha value is -0.640. The fourth-order valence-electron chi connectivity index (χ4n) is 3.23. The average molecular weight is 299 g/mol. The minimum Gasteiger partial charge on any atom is -0.329 e. The van der Waals surface area contributed by atoms with Gasteiger partial charge in [0.2, 0.25) is 0 Å². The molecule has 0 radical (unpaired) electrons. The SMILES string of the molecule is CN(CC1CCCCC1)C(CN)c1cccc(Cl)c1F. The highest BCUT2D eigenvalue weighted by Crippen LogP contribution is 2.29. The second-order valence-electron chi connectivity index (χ2n) is 5.84. The predicted molar refractivity (Wildman–Crippen MR) is 82.4 cm³/mol. The third-order valence-corrected chi connectivity index (χ3v) is 4.66. The first-order valence-corrected chi connectivity index (χ1v) is 7.85. The lowest BCUT2D eigenvalue weighted by molar-refractivity contribution is 0.183. The highest BCUT2D eigenvalue weighted by Gasteiger charge is 2.23. The normalized spacial score (nSPS) is 18.4. The van der Waals surface area contributed by atoms with Gasteiger partial charge in [0.1, 0.15) is 5.82 Å². The van der Waals surface area contributed by atoms with Crippen LogP contribution in [0.1, 0.15) is 43.7 Å². The van der Waals surface area contributed by atoms with Crippen molar-refractivity contribution in [2.24, 2.45) is 11.7 Å². The fourth-order valence-corrected chi connectivity index (χ4v) is 3.41. The summed E-state index contributed by atoms with van der Waals surface area (Å²) >= 11 is 5.88. The topological polar surface area (TPSA) is 29.3 Å². The standard InChI is InChI=1S/C16H24ClFN2/c1-20(11-12-6-3-2-4-7-12)15(10-19)13-8-5-9-14(17)16(13)18/h5,8-9,12,15H,2-4,6-7,10-11,19H2,1H3. The van der Waals surface area contributed by atoms with Crippen LogP contribution in [0.3, 0.4) is 0 Å². The quantitative estimate of drug-likeness (QED) is 0.890. The summed E-state index contributed by atoms with van der Waals surface area (Å²) in [5, 5.41) is 0.173. The van der Waals surface area contributed by atoms with Gasteiger partial charge in [-0.3, -0.25) is 4.90 Å². The van der Waals surface area contributed by atoms with Crippen LogP contribution < -0.4 is 5.73 Å². The van der Waals surface area contributed by atoms with Gasteiger partial charge in [-0.15, -0.1) is 0 Å². The van der Waals surface area contributed by atoms with E-state index in [2.05, 4.69) is 4.90 Å². The predicted octanol–water partition coefficient (Wildman–Crippen LogP) is 3.99. The Kier molecular flexibility index (Phi) is 5.82. The van der Waals surface area contributed by atoms with Crippen molar-refractivity contribution >= 4 is 11.6 Å². The Balaban J connectivity index is 2.08. The summed E-state index contributed by atoms with van der Waals surface area (Å²) in [4.78, 5) is 2.19. The molecule has 0 bridgehead atoms. The maximum absolute atomic E-state index is 14.2. The lowest BCUT2D eigenvalue weighted by Gasteiger charge is -2.32. The van der Waals surface area contributed by atoms with E-state index in [1.165, 1.54) is 32.1 Å². The first-order chi connectivity index (χ1) is 9.63. The summed E-state index contributed by atoms with van der Waals surface area (Å²) < 4.78 is 14.2. The number of rotatable bonds is 5. The molecule has 0 heterocycles. The second kappa shape index (κ2) is 7.39. The highest BCUT2D eigenvalue weighted by atomic mass is 35.5. The molecular formula is C16H24ClFN2. The molecular weight excluding hydrogens is 275 g/mol. The van der Waals surface area contributed by atoms with Crippen molar-refractivity contribution in [2.45, 2.75) is 38.1 Å². The molecule has 20 heavy (non-hydrogen) atoms. The van der Waals surface area contributed by atoms with Crippen LogP contribution in [0.2, 0.25) is 5.02 Å². The lowest BCUT2D eigenvalue weighted by atomic mass is 9.88. The van der Waals surface area contributed by atoms with Crippen molar-refractivity contribution in [1.29, 1.82) is 0 Å². The summed E-state index contributed by atoms with van der Waals surface area (Å²) in [5.41, 5.74) is 6.49. The molecule has 1 saturated carbocycles. The van der Waals surface area contributed by atoms with Crippen LogP contribution in [0.25, 0.3) is 0 Å². The van der Waals surface area contributed by atoms with Gasteiger partial charge in [0.25, 0.3) is 0 Å². The van der Waals surface area contributed by atoms with Gasteiger partial charge in [0, 0.05) is 24.7 Å². The van der Waals surface area contributed by atoms with E-state index in [-0.39, 0.29) is 16.9 Å². The van der Waals surface area contributed by atoms with Crippen LogP contribution >= 0.6 is 11.6 Å². The number of halogens is 2. The largest absolute Gasteiger partial charge is 0.329 e. The molecule has 0 saturated heterocycles. The second-order valence-corrected chi connectivity index (χ2v) is 6.25. The molecule has 1 fully saturated rings. The van der Waals surface area contributed by atoms with Crippen molar-refractivity contribution in [2.75, 3.05) is 20.1 Å². The molecule has 2 rings (SSSR count). The minimum absolute atomic E-state index is 0.101. The first-order valence-electron chi connectivity index (χ1n) is 7.47. The average Bonchev–Trinajstić information content (AvgIpc) is 2.45. The van der Waals surface area contributed by atoms with Crippen LogP contribution in [0.15, 0.2) is 18.2 Å². The number of nitrogens with two attached hydrogens (primary N) is 1. The van der Waals surface area contributed by atoms with E-state index in [9.17, 15) is 4.39 Å². The van der Waals surface area contributed by atoms with Gasteiger partial charge >= 0.3 is 0 Å². The summed E-state index contributed by atoms with van der Waals surface area (Å²) in [7, 11) is 2.03. The Morgan fingerprint density at radius 1 is 1.35 bits per heavy atom. The molecule has 1 aliphatic rings. The van der Waals surface area contributed by atoms with Crippen molar-refractivity contribution in [3.63, 3.8) is 0 Å². The molecule has 1 unspecified atom stereocenters. The van der Waals surface area contributed by atoms with Crippen LogP contribution in [0.5, 0.6) is 0 Å². The monoisotopic (exact) mass is 298 g/mol. The van der Waals surface area contributed by atoms with E-state index >= 15 is 0 Å². The number of hydrogen-bond donors (Lipinski definition) is 1. The van der Waals surface area contributed by atoms with E-state index in [0.717, 1.165) is 6.54 Å². The molecule has 1 aromatic rings. The molecule has 0 amide bonds. The minimum atomic E-state index is -0.333. The zero-order valence-corrected chi connectivity index (χ0v) is 12.9. The van der Waals surface area contributed by atoms with Gasteiger partial charge in [-0.1, -0.05) is 43.0 Å². The summed E-state index contributed by atoms with van der Waals surface area (Å²) in [5.74, 6) is 0.380. The van der Waals surface area contributed by atoms with Crippen LogP contribution in [0.4, 0.5) is 4.39 Å². The van der Waals surface area contributed by atoms with E-state index < -0.39 is 0 Å². The van der Waals surface area contributed by atoms with E-state index in [1.807, 2.05) is 7.05 Å². The Morgan fingerprint density at radius 3 is 2.70 bits per heavy atom. The van der Waals surface area contributed by atoms with E-state index in [0.29, 0.717) is 18.0 Å². The molecule has 2 N–H and O–H groups in total. The van der Waals surface area contributed by atoms with E-state index in [1.54, 1.807) is 18.2 Å². The van der Waals surface area contributed by atoms with Gasteiger partial charge in [0.15, 0.2) is 0 Å². The van der Waals surface area contributed by atoms with Gasteiger partial charge in [-0.05, 0) is 31.9 Å². The molecule has 0 spiro atoms. The molecule has 1 atom stereocenters. The Labute approximate surface area is 126 Å². The van der Waals surface area contributed by atoms with Gasteiger partial charge in [0.05, 0.1) is 5.02 Å². The smallest absolute Gasteiger partial charge is 0.146 e. The molecule has 0 aromatic heterocycles. The number of benzene rings is 1. The molecule has 112 valence electrons. The molecule has 1 aliphatic carbocycles. The van der Waals surface area contributed by atoms with Crippen molar-refractivity contribution in [1.82, 2.24) is 4.90 Å². The van der Waals surface area contributed by atoms with Crippen LogP contribution in [-0.2, 0) is 0 Å².